The Labute approximate surface area is 123 Å². The second-order valence-corrected chi connectivity index (χ2v) is 5.67. The van der Waals surface area contributed by atoms with Gasteiger partial charge in [0.1, 0.15) is 5.75 Å². The Kier molecular flexibility index (Phi) is 8.73. The van der Waals surface area contributed by atoms with Crippen LogP contribution in [0.1, 0.15) is 63.9 Å². The second-order valence-electron chi connectivity index (χ2n) is 5.23. The van der Waals surface area contributed by atoms with Gasteiger partial charge in [-0.2, -0.15) is 0 Å². The molecule has 0 bridgehead atoms. The van der Waals surface area contributed by atoms with Crippen molar-refractivity contribution < 1.29 is 4.74 Å². The molecule has 0 N–H and O–H groups in total. The van der Waals surface area contributed by atoms with Gasteiger partial charge in [-0.15, -0.1) is 0 Å². The SMILES string of the molecule is CCCCCCCCCCOc1cc(Cl)ccc1C. The molecule has 0 atom stereocenters. The van der Waals surface area contributed by atoms with Crippen LogP contribution in [0.4, 0.5) is 0 Å². The maximum absolute atomic E-state index is 5.96. The van der Waals surface area contributed by atoms with Crippen LogP contribution in [-0.4, -0.2) is 6.61 Å². The summed E-state index contributed by atoms with van der Waals surface area (Å²) < 4.78 is 5.78. The lowest BCUT2D eigenvalue weighted by Crippen LogP contribution is -1.98. The van der Waals surface area contributed by atoms with Gasteiger partial charge in [-0.3, -0.25) is 0 Å². The summed E-state index contributed by atoms with van der Waals surface area (Å²) in [7, 11) is 0. The van der Waals surface area contributed by atoms with E-state index in [1.54, 1.807) is 0 Å². The quantitative estimate of drug-likeness (QED) is 0.466. The van der Waals surface area contributed by atoms with E-state index in [-0.39, 0.29) is 0 Å². The highest BCUT2D eigenvalue weighted by molar-refractivity contribution is 6.30. The number of halogens is 1. The molecule has 0 radical (unpaired) electrons. The first-order valence-electron chi connectivity index (χ1n) is 7.63. The summed E-state index contributed by atoms with van der Waals surface area (Å²) in [6.07, 6.45) is 10.6. The molecule has 0 aliphatic rings. The van der Waals surface area contributed by atoms with Crippen LogP contribution in [0.5, 0.6) is 5.75 Å². The molecule has 1 rings (SSSR count). The minimum atomic E-state index is 0.747. The zero-order valence-corrected chi connectivity index (χ0v) is 13.1. The summed E-state index contributed by atoms with van der Waals surface area (Å²) in [6, 6.07) is 5.81. The van der Waals surface area contributed by atoms with Crippen molar-refractivity contribution in [1.29, 1.82) is 0 Å². The average Bonchev–Trinajstić information content (AvgIpc) is 2.40. The molecule has 0 spiro atoms. The summed E-state index contributed by atoms with van der Waals surface area (Å²) in [5, 5.41) is 0.747. The van der Waals surface area contributed by atoms with Gasteiger partial charge in [0, 0.05) is 5.02 Å². The van der Waals surface area contributed by atoms with Crippen LogP contribution in [0.3, 0.4) is 0 Å². The van der Waals surface area contributed by atoms with Crippen LogP contribution in [0.25, 0.3) is 0 Å². The van der Waals surface area contributed by atoms with Crippen molar-refractivity contribution >= 4 is 11.6 Å². The first kappa shape index (κ1) is 16.4. The highest BCUT2D eigenvalue weighted by Crippen LogP contribution is 2.22. The molecule has 108 valence electrons. The van der Waals surface area contributed by atoms with Crippen molar-refractivity contribution in [3.63, 3.8) is 0 Å². The van der Waals surface area contributed by atoms with Gasteiger partial charge in [0.05, 0.1) is 6.61 Å². The van der Waals surface area contributed by atoms with E-state index in [0.29, 0.717) is 0 Å². The smallest absolute Gasteiger partial charge is 0.123 e. The lowest BCUT2D eigenvalue weighted by molar-refractivity contribution is 0.302. The molecule has 0 aromatic heterocycles. The third-order valence-corrected chi connectivity index (χ3v) is 3.64. The number of hydrogen-bond donors (Lipinski definition) is 0. The Hall–Kier alpha value is -0.690. The minimum Gasteiger partial charge on any atom is -0.493 e. The molecule has 19 heavy (non-hydrogen) atoms. The maximum Gasteiger partial charge on any atom is 0.123 e. The van der Waals surface area contributed by atoms with Gasteiger partial charge in [-0.25, -0.2) is 0 Å². The fourth-order valence-electron chi connectivity index (χ4n) is 2.15. The van der Waals surface area contributed by atoms with Gasteiger partial charge < -0.3 is 4.74 Å². The Balaban J connectivity index is 2.03. The fraction of sp³-hybridized carbons (Fsp3) is 0.647. The van der Waals surface area contributed by atoms with Crippen molar-refractivity contribution in [2.24, 2.45) is 0 Å². The van der Waals surface area contributed by atoms with Crippen molar-refractivity contribution in [3.8, 4) is 5.75 Å². The lowest BCUT2D eigenvalue weighted by Gasteiger charge is -2.09. The van der Waals surface area contributed by atoms with Crippen molar-refractivity contribution in [1.82, 2.24) is 0 Å². The third-order valence-electron chi connectivity index (χ3n) is 3.41. The molecule has 0 aliphatic carbocycles. The van der Waals surface area contributed by atoms with E-state index in [1.807, 2.05) is 18.2 Å². The molecule has 1 aromatic rings. The number of hydrogen-bond acceptors (Lipinski definition) is 1. The molecular weight excluding hydrogens is 256 g/mol. The molecule has 0 aliphatic heterocycles. The Morgan fingerprint density at radius 2 is 1.58 bits per heavy atom. The lowest BCUT2D eigenvalue weighted by atomic mass is 10.1. The summed E-state index contributed by atoms with van der Waals surface area (Å²) in [5.74, 6) is 0.926. The van der Waals surface area contributed by atoms with E-state index in [1.165, 1.54) is 44.9 Å². The Morgan fingerprint density at radius 3 is 2.26 bits per heavy atom. The first-order chi connectivity index (χ1) is 9.24. The van der Waals surface area contributed by atoms with E-state index < -0.39 is 0 Å². The van der Waals surface area contributed by atoms with E-state index in [0.717, 1.165) is 29.4 Å². The number of ether oxygens (including phenoxy) is 1. The van der Waals surface area contributed by atoms with E-state index >= 15 is 0 Å². The normalized spacial score (nSPS) is 10.7. The van der Waals surface area contributed by atoms with Crippen LogP contribution >= 0.6 is 11.6 Å². The second kappa shape index (κ2) is 10.1. The third kappa shape index (κ3) is 7.47. The van der Waals surface area contributed by atoms with E-state index in [4.69, 9.17) is 16.3 Å². The zero-order valence-electron chi connectivity index (χ0n) is 12.4. The van der Waals surface area contributed by atoms with Gasteiger partial charge in [-0.1, -0.05) is 69.5 Å². The van der Waals surface area contributed by atoms with Crippen LogP contribution in [-0.2, 0) is 0 Å². The zero-order chi connectivity index (χ0) is 13.9. The summed E-state index contributed by atoms with van der Waals surface area (Å²) in [5.41, 5.74) is 1.16. The predicted octanol–water partition coefficient (Wildman–Crippen LogP) is 6.17. The number of aryl methyl sites for hydroxylation is 1. The molecule has 0 heterocycles. The van der Waals surface area contributed by atoms with Crippen molar-refractivity contribution in [2.75, 3.05) is 6.61 Å². The maximum atomic E-state index is 5.96. The molecule has 0 saturated heterocycles. The molecule has 1 nitrogen and oxygen atoms in total. The summed E-state index contributed by atoms with van der Waals surface area (Å²) in [4.78, 5) is 0. The fourth-order valence-corrected chi connectivity index (χ4v) is 2.31. The highest BCUT2D eigenvalue weighted by Gasteiger charge is 2.00. The topological polar surface area (TPSA) is 9.23 Å². The molecule has 1 aromatic carbocycles. The molecule has 0 amide bonds. The number of benzene rings is 1. The standard InChI is InChI=1S/C17H27ClO/c1-3-4-5-6-7-8-9-10-13-19-17-14-16(18)12-11-15(17)2/h11-12,14H,3-10,13H2,1-2H3. The molecule has 0 fully saturated rings. The Morgan fingerprint density at radius 1 is 0.947 bits per heavy atom. The van der Waals surface area contributed by atoms with Crippen LogP contribution in [0.2, 0.25) is 5.02 Å². The van der Waals surface area contributed by atoms with E-state index in [2.05, 4.69) is 13.8 Å². The summed E-state index contributed by atoms with van der Waals surface area (Å²) in [6.45, 7) is 5.12. The van der Waals surface area contributed by atoms with Gasteiger partial charge in [-0.05, 0) is 31.0 Å². The van der Waals surface area contributed by atoms with Gasteiger partial charge in [0.2, 0.25) is 0 Å². The van der Waals surface area contributed by atoms with Crippen molar-refractivity contribution in [3.05, 3.63) is 28.8 Å². The van der Waals surface area contributed by atoms with Gasteiger partial charge in [0.25, 0.3) is 0 Å². The first-order valence-corrected chi connectivity index (χ1v) is 8.00. The van der Waals surface area contributed by atoms with Gasteiger partial charge >= 0.3 is 0 Å². The minimum absolute atomic E-state index is 0.747. The molecule has 2 heteroatoms. The molecular formula is C17H27ClO. The molecule has 0 saturated carbocycles. The Bertz CT molecular complexity index is 349. The van der Waals surface area contributed by atoms with E-state index in [9.17, 15) is 0 Å². The van der Waals surface area contributed by atoms with Gasteiger partial charge in [0.15, 0.2) is 0 Å². The number of unbranched alkanes of at least 4 members (excludes halogenated alkanes) is 7. The summed E-state index contributed by atoms with van der Waals surface area (Å²) >= 11 is 5.96. The van der Waals surface area contributed by atoms with Crippen LogP contribution in [0.15, 0.2) is 18.2 Å². The van der Waals surface area contributed by atoms with Crippen LogP contribution in [0, 0.1) is 6.92 Å². The predicted molar refractivity (Wildman–Crippen MR) is 84.3 cm³/mol. The van der Waals surface area contributed by atoms with Crippen LogP contribution < -0.4 is 4.74 Å². The largest absolute Gasteiger partial charge is 0.493 e. The molecule has 0 unspecified atom stereocenters. The average molecular weight is 283 g/mol. The number of rotatable bonds is 10. The van der Waals surface area contributed by atoms with Crippen molar-refractivity contribution in [2.45, 2.75) is 65.2 Å². The highest BCUT2D eigenvalue weighted by atomic mass is 35.5. The monoisotopic (exact) mass is 282 g/mol.